The molecule has 0 radical (unpaired) electrons. The Hall–Kier alpha value is -2.41. The van der Waals surface area contributed by atoms with Crippen LogP contribution in [0.15, 0.2) is 30.3 Å². The molecule has 1 aliphatic heterocycles. The predicted molar refractivity (Wildman–Crippen MR) is 87.4 cm³/mol. The van der Waals surface area contributed by atoms with Crippen molar-refractivity contribution in [2.45, 2.75) is 19.4 Å². The summed E-state index contributed by atoms with van der Waals surface area (Å²) in [4.78, 5) is 30.9. The zero-order valence-corrected chi connectivity index (χ0v) is 13.6. The Kier molecular flexibility index (Phi) is 4.57. The minimum Gasteiger partial charge on any atom is -0.453 e. The van der Waals surface area contributed by atoms with Crippen LogP contribution in [-0.2, 0) is 28.9 Å². The van der Waals surface area contributed by atoms with E-state index in [-0.39, 0.29) is 5.91 Å². The van der Waals surface area contributed by atoms with Crippen LogP contribution < -0.4 is 5.32 Å². The minimum atomic E-state index is -0.534. The number of thiazole rings is 1. The smallest absolute Gasteiger partial charge is 0.413 e. The van der Waals surface area contributed by atoms with E-state index in [1.54, 1.807) is 0 Å². The van der Waals surface area contributed by atoms with Gasteiger partial charge in [-0.05, 0) is 5.56 Å². The summed E-state index contributed by atoms with van der Waals surface area (Å²) in [6.45, 7) is 1.20. The highest BCUT2D eigenvalue weighted by molar-refractivity contribution is 7.15. The van der Waals surface area contributed by atoms with E-state index < -0.39 is 6.09 Å². The van der Waals surface area contributed by atoms with Crippen LogP contribution in [0.25, 0.3) is 0 Å². The maximum atomic E-state index is 12.4. The summed E-state index contributed by atoms with van der Waals surface area (Å²) < 4.78 is 4.56. The summed E-state index contributed by atoms with van der Waals surface area (Å²) in [7, 11) is 1.31. The fourth-order valence-corrected chi connectivity index (χ4v) is 3.49. The Morgan fingerprint density at radius 1 is 1.35 bits per heavy atom. The van der Waals surface area contributed by atoms with Gasteiger partial charge in [-0.3, -0.25) is 10.1 Å². The fraction of sp³-hybridized carbons (Fsp3) is 0.312. The third kappa shape index (κ3) is 3.68. The third-order valence-electron chi connectivity index (χ3n) is 3.68. The molecule has 1 aromatic heterocycles. The number of anilines is 1. The van der Waals surface area contributed by atoms with E-state index in [0.717, 1.165) is 16.1 Å². The average Bonchev–Trinajstić information content (AvgIpc) is 2.96. The molecule has 0 saturated heterocycles. The predicted octanol–water partition coefficient (Wildman–Crippen LogP) is 2.45. The second-order valence-electron chi connectivity index (χ2n) is 5.23. The zero-order chi connectivity index (χ0) is 16.2. The Labute approximate surface area is 138 Å². The van der Waals surface area contributed by atoms with Gasteiger partial charge >= 0.3 is 6.09 Å². The lowest BCUT2D eigenvalue weighted by atomic mass is 10.1. The van der Waals surface area contributed by atoms with Gasteiger partial charge in [-0.25, -0.2) is 9.78 Å². The molecule has 6 nitrogen and oxygen atoms in total. The van der Waals surface area contributed by atoms with Crippen LogP contribution in [0.2, 0.25) is 0 Å². The number of ether oxygens (including phenoxy) is 1. The summed E-state index contributed by atoms with van der Waals surface area (Å²) in [6.07, 6.45) is 0.574. The average molecular weight is 331 g/mol. The molecule has 0 fully saturated rings. The normalized spacial score (nSPS) is 13.3. The maximum absolute atomic E-state index is 12.4. The molecule has 1 N–H and O–H groups in total. The number of amides is 2. The van der Waals surface area contributed by atoms with Crippen molar-refractivity contribution in [1.82, 2.24) is 9.88 Å². The number of carbonyl (C=O) groups excluding carboxylic acids is 2. The molecule has 2 amide bonds. The first kappa shape index (κ1) is 15.5. The first-order valence-electron chi connectivity index (χ1n) is 7.31. The van der Waals surface area contributed by atoms with Gasteiger partial charge in [0.1, 0.15) is 0 Å². The number of carbonyl (C=O) groups is 2. The zero-order valence-electron chi connectivity index (χ0n) is 12.7. The quantitative estimate of drug-likeness (QED) is 0.938. The monoisotopic (exact) mass is 331 g/mol. The van der Waals surface area contributed by atoms with Crippen molar-refractivity contribution in [1.29, 1.82) is 0 Å². The van der Waals surface area contributed by atoms with Gasteiger partial charge in [0, 0.05) is 17.8 Å². The van der Waals surface area contributed by atoms with Crippen LogP contribution in [0.3, 0.4) is 0 Å². The second kappa shape index (κ2) is 6.78. The Morgan fingerprint density at radius 2 is 2.13 bits per heavy atom. The van der Waals surface area contributed by atoms with Crippen LogP contribution in [0.5, 0.6) is 0 Å². The van der Waals surface area contributed by atoms with E-state index in [2.05, 4.69) is 15.0 Å². The number of benzene rings is 1. The van der Waals surface area contributed by atoms with Gasteiger partial charge < -0.3 is 9.64 Å². The lowest BCUT2D eigenvalue weighted by molar-refractivity contribution is -0.131. The van der Waals surface area contributed by atoms with Crippen molar-refractivity contribution >= 4 is 28.5 Å². The van der Waals surface area contributed by atoms with Gasteiger partial charge in [-0.2, -0.15) is 0 Å². The fourth-order valence-electron chi connectivity index (χ4n) is 2.48. The standard InChI is InChI=1S/C16H17N3O3S/c1-22-16(21)18-15-17-12-7-8-19(10-13(12)23-15)14(20)9-11-5-3-2-4-6-11/h2-6H,7-10H2,1H3,(H,17,18,21). The van der Waals surface area contributed by atoms with Crippen LogP contribution in [0, 0.1) is 0 Å². The molecule has 0 unspecified atom stereocenters. The molecule has 0 aliphatic carbocycles. The summed E-state index contributed by atoms with van der Waals surface area (Å²) in [6, 6.07) is 9.72. The molecule has 1 aliphatic rings. The number of methoxy groups -OCH3 is 1. The molecule has 0 spiro atoms. The highest BCUT2D eigenvalue weighted by Crippen LogP contribution is 2.28. The molecule has 1 aromatic carbocycles. The molecular formula is C16H17N3O3S. The molecule has 0 atom stereocenters. The SMILES string of the molecule is COC(=O)Nc1nc2c(s1)CN(C(=O)Cc1ccccc1)CC2. The molecule has 120 valence electrons. The topological polar surface area (TPSA) is 71.5 Å². The molecule has 3 rings (SSSR count). The van der Waals surface area contributed by atoms with Gasteiger partial charge in [0.2, 0.25) is 5.91 Å². The van der Waals surface area contributed by atoms with E-state index in [9.17, 15) is 9.59 Å². The van der Waals surface area contributed by atoms with Gasteiger partial charge in [0.25, 0.3) is 0 Å². The Balaban J connectivity index is 1.65. The van der Waals surface area contributed by atoms with Gasteiger partial charge in [-0.1, -0.05) is 41.7 Å². The van der Waals surface area contributed by atoms with E-state index in [0.29, 0.717) is 31.1 Å². The lowest BCUT2D eigenvalue weighted by Crippen LogP contribution is -2.36. The number of hydrogen-bond acceptors (Lipinski definition) is 5. The highest BCUT2D eigenvalue weighted by atomic mass is 32.1. The van der Waals surface area contributed by atoms with Crippen molar-refractivity contribution in [3.63, 3.8) is 0 Å². The van der Waals surface area contributed by atoms with Crippen LogP contribution in [0.4, 0.5) is 9.93 Å². The number of fused-ring (bicyclic) bond motifs is 1. The van der Waals surface area contributed by atoms with E-state index in [1.807, 2.05) is 35.2 Å². The number of hydrogen-bond donors (Lipinski definition) is 1. The number of aromatic nitrogens is 1. The number of rotatable bonds is 3. The molecule has 23 heavy (non-hydrogen) atoms. The van der Waals surface area contributed by atoms with Gasteiger partial charge in [0.15, 0.2) is 5.13 Å². The van der Waals surface area contributed by atoms with Crippen LogP contribution >= 0.6 is 11.3 Å². The molecule has 0 bridgehead atoms. The summed E-state index contributed by atoms with van der Waals surface area (Å²) in [5, 5.41) is 3.09. The van der Waals surface area contributed by atoms with Crippen molar-refractivity contribution in [2.24, 2.45) is 0 Å². The largest absolute Gasteiger partial charge is 0.453 e. The van der Waals surface area contributed by atoms with Crippen LogP contribution in [0.1, 0.15) is 16.1 Å². The van der Waals surface area contributed by atoms with Crippen molar-refractivity contribution in [3.05, 3.63) is 46.5 Å². The Morgan fingerprint density at radius 3 is 2.87 bits per heavy atom. The first-order valence-corrected chi connectivity index (χ1v) is 8.12. The van der Waals surface area contributed by atoms with Crippen molar-refractivity contribution < 1.29 is 14.3 Å². The molecule has 0 saturated carbocycles. The lowest BCUT2D eigenvalue weighted by Gasteiger charge is -2.26. The van der Waals surface area contributed by atoms with Gasteiger partial charge in [0.05, 0.1) is 25.8 Å². The first-order chi connectivity index (χ1) is 11.2. The second-order valence-corrected chi connectivity index (χ2v) is 6.32. The highest BCUT2D eigenvalue weighted by Gasteiger charge is 2.24. The van der Waals surface area contributed by atoms with Crippen LogP contribution in [-0.4, -0.2) is 35.5 Å². The van der Waals surface area contributed by atoms with Crippen molar-refractivity contribution in [2.75, 3.05) is 19.0 Å². The molecule has 2 heterocycles. The number of nitrogens with one attached hydrogen (secondary N) is 1. The maximum Gasteiger partial charge on any atom is 0.413 e. The molecular weight excluding hydrogens is 314 g/mol. The van der Waals surface area contributed by atoms with E-state index in [1.165, 1.54) is 18.4 Å². The minimum absolute atomic E-state index is 0.109. The number of nitrogens with zero attached hydrogens (tertiary/aromatic N) is 2. The summed E-state index contributed by atoms with van der Waals surface area (Å²) >= 11 is 1.39. The summed E-state index contributed by atoms with van der Waals surface area (Å²) in [5.41, 5.74) is 1.96. The molecule has 7 heteroatoms. The van der Waals surface area contributed by atoms with Gasteiger partial charge in [-0.15, -0.1) is 0 Å². The molecule has 2 aromatic rings. The van der Waals surface area contributed by atoms with E-state index in [4.69, 9.17) is 0 Å². The Bertz CT molecular complexity index is 715. The summed E-state index contributed by atoms with van der Waals surface area (Å²) in [5.74, 6) is 0.109. The van der Waals surface area contributed by atoms with Crippen molar-refractivity contribution in [3.8, 4) is 0 Å². The third-order valence-corrected chi connectivity index (χ3v) is 4.67. The van der Waals surface area contributed by atoms with E-state index >= 15 is 0 Å².